The summed E-state index contributed by atoms with van der Waals surface area (Å²) >= 11 is 0. The van der Waals surface area contributed by atoms with E-state index in [2.05, 4.69) is 26.3 Å². The van der Waals surface area contributed by atoms with E-state index in [-0.39, 0.29) is 24.2 Å². The lowest BCUT2D eigenvalue weighted by Crippen LogP contribution is -2.39. The molecule has 0 spiro atoms. The van der Waals surface area contributed by atoms with Gasteiger partial charge in [-0.2, -0.15) is 0 Å². The number of carbonyl (C=O) groups is 2. The van der Waals surface area contributed by atoms with Crippen LogP contribution in [-0.4, -0.2) is 44.5 Å². The molecule has 0 bridgehead atoms. The van der Waals surface area contributed by atoms with E-state index in [0.717, 1.165) is 5.56 Å². The number of nitrogens with one attached hydrogen (secondary N) is 4. The van der Waals surface area contributed by atoms with Crippen molar-refractivity contribution in [1.82, 2.24) is 16.0 Å². The fourth-order valence-electron chi connectivity index (χ4n) is 2.56. The SMILES string of the molecule is CCNC(=NCC(=O)Nc1ccc(F)cc1)NCCc1cccc(C(=O)NC)c1. The maximum atomic E-state index is 12.9. The Kier molecular flexibility index (Phi) is 8.62. The number of halogens is 1. The van der Waals surface area contributed by atoms with E-state index in [4.69, 9.17) is 0 Å². The second-order valence-electron chi connectivity index (χ2n) is 6.21. The van der Waals surface area contributed by atoms with Crippen LogP contribution in [0.15, 0.2) is 53.5 Å². The number of guanidine groups is 1. The van der Waals surface area contributed by atoms with Crippen LogP contribution in [0.1, 0.15) is 22.8 Å². The first-order chi connectivity index (χ1) is 14.0. The highest BCUT2D eigenvalue weighted by Crippen LogP contribution is 2.08. The van der Waals surface area contributed by atoms with Gasteiger partial charge in [0.05, 0.1) is 0 Å². The van der Waals surface area contributed by atoms with Gasteiger partial charge in [0.25, 0.3) is 5.91 Å². The lowest BCUT2D eigenvalue weighted by Gasteiger charge is -2.12. The molecule has 4 N–H and O–H groups in total. The maximum Gasteiger partial charge on any atom is 0.251 e. The van der Waals surface area contributed by atoms with E-state index < -0.39 is 0 Å². The second-order valence-corrected chi connectivity index (χ2v) is 6.21. The molecular formula is C21H26FN5O2. The van der Waals surface area contributed by atoms with Crippen molar-refractivity contribution in [3.8, 4) is 0 Å². The lowest BCUT2D eigenvalue weighted by atomic mass is 10.1. The number of benzene rings is 2. The van der Waals surface area contributed by atoms with E-state index in [0.29, 0.717) is 36.7 Å². The smallest absolute Gasteiger partial charge is 0.251 e. The number of nitrogens with zero attached hydrogens (tertiary/aromatic N) is 1. The molecule has 2 rings (SSSR count). The molecule has 0 aliphatic carbocycles. The molecule has 154 valence electrons. The van der Waals surface area contributed by atoms with Crippen LogP contribution in [-0.2, 0) is 11.2 Å². The highest BCUT2D eigenvalue weighted by Gasteiger charge is 2.05. The van der Waals surface area contributed by atoms with Gasteiger partial charge in [0.15, 0.2) is 5.96 Å². The Bertz CT molecular complexity index is 852. The number of hydrogen-bond acceptors (Lipinski definition) is 3. The standard InChI is InChI=1S/C21H26FN5O2/c1-3-24-21(26-14-19(28)27-18-9-7-17(22)8-10-18)25-12-11-15-5-4-6-16(13-15)20(29)23-2/h4-10,13H,3,11-12,14H2,1-2H3,(H,23,29)(H,27,28)(H2,24,25,26). The molecule has 0 saturated heterocycles. The van der Waals surface area contributed by atoms with Gasteiger partial charge in [0.1, 0.15) is 12.4 Å². The normalized spacial score (nSPS) is 10.9. The minimum absolute atomic E-state index is 0.0706. The van der Waals surface area contributed by atoms with Crippen molar-refractivity contribution >= 4 is 23.5 Å². The molecule has 2 amide bonds. The van der Waals surface area contributed by atoms with Crippen LogP contribution in [0.4, 0.5) is 10.1 Å². The molecule has 0 fully saturated rings. The predicted octanol–water partition coefficient (Wildman–Crippen LogP) is 1.92. The van der Waals surface area contributed by atoms with Crippen molar-refractivity contribution < 1.29 is 14.0 Å². The first kappa shape index (κ1) is 21.9. The Morgan fingerprint density at radius 1 is 1.07 bits per heavy atom. The number of rotatable bonds is 8. The fourth-order valence-corrected chi connectivity index (χ4v) is 2.56. The Morgan fingerprint density at radius 2 is 1.83 bits per heavy atom. The molecule has 0 aliphatic rings. The largest absolute Gasteiger partial charge is 0.357 e. The summed E-state index contributed by atoms with van der Waals surface area (Å²) < 4.78 is 12.9. The number of amides is 2. The molecule has 0 atom stereocenters. The Labute approximate surface area is 169 Å². The summed E-state index contributed by atoms with van der Waals surface area (Å²) in [5.41, 5.74) is 2.15. The van der Waals surface area contributed by atoms with Crippen LogP contribution in [0.2, 0.25) is 0 Å². The zero-order chi connectivity index (χ0) is 21.1. The van der Waals surface area contributed by atoms with Gasteiger partial charge in [-0.05, 0) is 55.3 Å². The first-order valence-corrected chi connectivity index (χ1v) is 9.40. The average Bonchev–Trinajstić information content (AvgIpc) is 2.73. The molecule has 29 heavy (non-hydrogen) atoms. The van der Waals surface area contributed by atoms with Gasteiger partial charge in [0.2, 0.25) is 5.91 Å². The maximum absolute atomic E-state index is 12.9. The summed E-state index contributed by atoms with van der Waals surface area (Å²) in [7, 11) is 1.60. The molecule has 0 heterocycles. The third kappa shape index (κ3) is 7.61. The molecule has 0 radical (unpaired) electrons. The van der Waals surface area contributed by atoms with E-state index >= 15 is 0 Å². The third-order valence-electron chi connectivity index (χ3n) is 3.98. The third-order valence-corrected chi connectivity index (χ3v) is 3.98. The zero-order valence-corrected chi connectivity index (χ0v) is 16.6. The number of hydrogen-bond donors (Lipinski definition) is 4. The minimum atomic E-state index is -0.361. The molecule has 2 aromatic carbocycles. The van der Waals surface area contributed by atoms with E-state index in [9.17, 15) is 14.0 Å². The minimum Gasteiger partial charge on any atom is -0.357 e. The number of carbonyl (C=O) groups excluding carboxylic acids is 2. The number of aliphatic imine (C=N–C) groups is 1. The van der Waals surface area contributed by atoms with Crippen molar-refractivity contribution in [3.05, 3.63) is 65.5 Å². The Morgan fingerprint density at radius 3 is 2.52 bits per heavy atom. The highest BCUT2D eigenvalue weighted by molar-refractivity contribution is 5.94. The van der Waals surface area contributed by atoms with Crippen LogP contribution in [0.25, 0.3) is 0 Å². The van der Waals surface area contributed by atoms with Crippen LogP contribution in [0, 0.1) is 5.82 Å². The average molecular weight is 399 g/mol. The van der Waals surface area contributed by atoms with E-state index in [1.807, 2.05) is 25.1 Å². The zero-order valence-electron chi connectivity index (χ0n) is 16.6. The summed E-state index contributed by atoms with van der Waals surface area (Å²) in [6.45, 7) is 3.10. The highest BCUT2D eigenvalue weighted by atomic mass is 19.1. The Hall–Kier alpha value is -3.42. The quantitative estimate of drug-likeness (QED) is 0.403. The molecule has 2 aromatic rings. The van der Waals surface area contributed by atoms with Crippen LogP contribution in [0.3, 0.4) is 0 Å². The first-order valence-electron chi connectivity index (χ1n) is 9.40. The van der Waals surface area contributed by atoms with Gasteiger partial charge in [-0.15, -0.1) is 0 Å². The second kappa shape index (κ2) is 11.4. The molecule has 0 aliphatic heterocycles. The summed E-state index contributed by atoms with van der Waals surface area (Å²) in [4.78, 5) is 28.0. The van der Waals surface area contributed by atoms with Gasteiger partial charge >= 0.3 is 0 Å². The number of anilines is 1. The summed E-state index contributed by atoms with van der Waals surface area (Å²) in [6.07, 6.45) is 0.691. The lowest BCUT2D eigenvalue weighted by molar-refractivity contribution is -0.114. The van der Waals surface area contributed by atoms with Crippen LogP contribution < -0.4 is 21.3 Å². The van der Waals surface area contributed by atoms with Crippen molar-refractivity contribution in [2.24, 2.45) is 4.99 Å². The molecule has 7 nitrogen and oxygen atoms in total. The summed E-state index contributed by atoms with van der Waals surface area (Å²) in [5.74, 6) is -0.265. The van der Waals surface area contributed by atoms with Crippen molar-refractivity contribution in [2.45, 2.75) is 13.3 Å². The predicted molar refractivity (Wildman–Crippen MR) is 113 cm³/mol. The van der Waals surface area contributed by atoms with Gasteiger partial charge in [-0.25, -0.2) is 9.38 Å². The van der Waals surface area contributed by atoms with Gasteiger partial charge < -0.3 is 21.3 Å². The monoisotopic (exact) mass is 399 g/mol. The van der Waals surface area contributed by atoms with Crippen molar-refractivity contribution in [1.29, 1.82) is 0 Å². The topological polar surface area (TPSA) is 94.6 Å². The molecule has 0 unspecified atom stereocenters. The molecule has 0 saturated carbocycles. The summed E-state index contributed by atoms with van der Waals surface area (Å²) in [6, 6.07) is 13.0. The van der Waals surface area contributed by atoms with E-state index in [1.165, 1.54) is 24.3 Å². The summed E-state index contributed by atoms with van der Waals surface area (Å²) in [5, 5.41) is 11.5. The molecular weight excluding hydrogens is 373 g/mol. The van der Waals surface area contributed by atoms with Crippen LogP contribution in [0.5, 0.6) is 0 Å². The van der Waals surface area contributed by atoms with Crippen LogP contribution >= 0.6 is 0 Å². The van der Waals surface area contributed by atoms with Gasteiger partial charge in [-0.3, -0.25) is 9.59 Å². The van der Waals surface area contributed by atoms with Gasteiger partial charge in [0, 0.05) is 31.4 Å². The van der Waals surface area contributed by atoms with Crippen molar-refractivity contribution in [2.75, 3.05) is 32.0 Å². The van der Waals surface area contributed by atoms with Crippen molar-refractivity contribution in [3.63, 3.8) is 0 Å². The van der Waals surface area contributed by atoms with Gasteiger partial charge in [-0.1, -0.05) is 12.1 Å². The molecule has 8 heteroatoms. The Balaban J connectivity index is 1.86. The molecule has 0 aromatic heterocycles. The van der Waals surface area contributed by atoms with E-state index in [1.54, 1.807) is 13.1 Å². The fraction of sp³-hybridized carbons (Fsp3) is 0.286.